The van der Waals surface area contributed by atoms with Gasteiger partial charge in [0.1, 0.15) is 0 Å². The maximum atomic E-state index is 11.8. The molecule has 0 aliphatic carbocycles. The second kappa shape index (κ2) is 10.2. The number of carbonyl (C=O) groups is 3. The van der Waals surface area contributed by atoms with E-state index in [2.05, 4.69) is 10.6 Å². The number of anilines is 2. The smallest absolute Gasteiger partial charge is 0.306 e. The van der Waals surface area contributed by atoms with Crippen LogP contribution in [0.4, 0.5) is 17.1 Å². The lowest BCUT2D eigenvalue weighted by Gasteiger charge is -2.08. The zero-order chi connectivity index (χ0) is 21.4. The molecule has 0 saturated carbocycles. The van der Waals surface area contributed by atoms with Gasteiger partial charge in [0.15, 0.2) is 6.61 Å². The first-order chi connectivity index (χ1) is 13.7. The molecule has 0 atom stereocenters. The van der Waals surface area contributed by atoms with E-state index >= 15 is 0 Å². The van der Waals surface area contributed by atoms with Crippen LogP contribution in [0.1, 0.15) is 18.4 Å². The summed E-state index contributed by atoms with van der Waals surface area (Å²) in [6.07, 6.45) is -0.340. The number of hydrogen-bond acceptors (Lipinski definition) is 6. The Morgan fingerprint density at radius 2 is 1.72 bits per heavy atom. The third kappa shape index (κ3) is 7.23. The average Bonchev–Trinajstić information content (AvgIpc) is 2.66. The minimum absolute atomic E-state index is 0.128. The number of aryl methyl sites for hydroxylation is 1. The van der Waals surface area contributed by atoms with Crippen LogP contribution in [0.15, 0.2) is 42.5 Å². The maximum Gasteiger partial charge on any atom is 0.306 e. The molecule has 0 aromatic heterocycles. The topological polar surface area (TPSA) is 128 Å². The van der Waals surface area contributed by atoms with Gasteiger partial charge in [-0.2, -0.15) is 0 Å². The van der Waals surface area contributed by atoms with E-state index in [0.29, 0.717) is 16.3 Å². The van der Waals surface area contributed by atoms with E-state index in [1.54, 1.807) is 31.2 Å². The Balaban J connectivity index is 1.74. The van der Waals surface area contributed by atoms with Crippen LogP contribution >= 0.6 is 11.6 Å². The fourth-order valence-electron chi connectivity index (χ4n) is 2.30. The van der Waals surface area contributed by atoms with Crippen LogP contribution < -0.4 is 10.6 Å². The molecule has 2 amide bonds. The highest BCUT2D eigenvalue weighted by molar-refractivity contribution is 6.30. The first-order valence-corrected chi connectivity index (χ1v) is 8.88. The standard InChI is InChI=1S/C19H18ClN3O6/c1-12-5-6-15(10-16(12)23(27)28)22-18(25)11-29-19(26)8-7-17(24)21-14-4-2-3-13(20)9-14/h2-6,9-10H,7-8,11H2,1H3,(H,21,24)(H,22,25). The van der Waals surface area contributed by atoms with Crippen LogP contribution in [-0.4, -0.2) is 29.3 Å². The second-order valence-corrected chi connectivity index (χ2v) is 6.46. The molecule has 29 heavy (non-hydrogen) atoms. The number of ether oxygens (including phenoxy) is 1. The molecular formula is C19H18ClN3O6. The molecule has 2 N–H and O–H groups in total. The molecule has 2 aromatic rings. The number of benzene rings is 2. The molecule has 10 heteroatoms. The van der Waals surface area contributed by atoms with Gasteiger partial charge >= 0.3 is 5.97 Å². The van der Waals surface area contributed by atoms with Crippen molar-refractivity contribution in [3.63, 3.8) is 0 Å². The summed E-state index contributed by atoms with van der Waals surface area (Å²) in [6.45, 7) is 1.00. The summed E-state index contributed by atoms with van der Waals surface area (Å²) in [5.41, 5.74) is 1.03. The third-order valence-corrected chi connectivity index (χ3v) is 3.95. The highest BCUT2D eigenvalue weighted by Crippen LogP contribution is 2.22. The Kier molecular flexibility index (Phi) is 7.67. The zero-order valence-corrected chi connectivity index (χ0v) is 16.2. The summed E-state index contributed by atoms with van der Waals surface area (Å²) in [5, 5.41) is 16.4. The number of hydrogen-bond donors (Lipinski definition) is 2. The quantitative estimate of drug-likeness (QED) is 0.383. The molecule has 9 nitrogen and oxygen atoms in total. The highest BCUT2D eigenvalue weighted by Gasteiger charge is 2.14. The van der Waals surface area contributed by atoms with Crippen LogP contribution in [0.5, 0.6) is 0 Å². The second-order valence-electron chi connectivity index (χ2n) is 6.03. The number of carbonyl (C=O) groups excluding carboxylic acids is 3. The fraction of sp³-hybridized carbons (Fsp3) is 0.211. The van der Waals surface area contributed by atoms with Crippen molar-refractivity contribution < 1.29 is 24.0 Å². The molecule has 0 aliphatic heterocycles. The van der Waals surface area contributed by atoms with Crippen molar-refractivity contribution in [2.75, 3.05) is 17.2 Å². The largest absolute Gasteiger partial charge is 0.456 e. The van der Waals surface area contributed by atoms with E-state index in [1.165, 1.54) is 18.2 Å². The summed E-state index contributed by atoms with van der Waals surface area (Å²) < 4.78 is 4.81. The number of nitro benzene ring substituents is 1. The highest BCUT2D eigenvalue weighted by atomic mass is 35.5. The summed E-state index contributed by atoms with van der Waals surface area (Å²) >= 11 is 5.82. The van der Waals surface area contributed by atoms with Gasteiger partial charge in [-0.3, -0.25) is 24.5 Å². The van der Waals surface area contributed by atoms with E-state index in [0.717, 1.165) is 0 Å². The van der Waals surface area contributed by atoms with E-state index in [4.69, 9.17) is 16.3 Å². The lowest BCUT2D eigenvalue weighted by Crippen LogP contribution is -2.21. The number of esters is 1. The van der Waals surface area contributed by atoms with Gasteiger partial charge in [0.05, 0.1) is 11.3 Å². The summed E-state index contributed by atoms with van der Waals surface area (Å²) in [6, 6.07) is 10.8. The molecule has 0 heterocycles. The van der Waals surface area contributed by atoms with Gasteiger partial charge in [-0.15, -0.1) is 0 Å². The number of halogens is 1. The number of nitrogens with one attached hydrogen (secondary N) is 2. The fourth-order valence-corrected chi connectivity index (χ4v) is 2.49. The number of nitrogens with zero attached hydrogens (tertiary/aromatic N) is 1. The van der Waals surface area contributed by atoms with Crippen molar-refractivity contribution in [2.24, 2.45) is 0 Å². The predicted molar refractivity (Wildman–Crippen MR) is 107 cm³/mol. The summed E-state index contributed by atoms with van der Waals surface area (Å²) in [7, 11) is 0. The maximum absolute atomic E-state index is 11.8. The molecule has 2 aromatic carbocycles. The Labute approximate surface area is 171 Å². The van der Waals surface area contributed by atoms with E-state index < -0.39 is 29.3 Å². The first-order valence-electron chi connectivity index (χ1n) is 8.50. The Morgan fingerprint density at radius 3 is 2.41 bits per heavy atom. The zero-order valence-electron chi connectivity index (χ0n) is 15.4. The van der Waals surface area contributed by atoms with Crippen molar-refractivity contribution in [2.45, 2.75) is 19.8 Å². The summed E-state index contributed by atoms with van der Waals surface area (Å²) in [5.74, 6) is -1.78. The van der Waals surface area contributed by atoms with Crippen LogP contribution in [0.3, 0.4) is 0 Å². The lowest BCUT2D eigenvalue weighted by atomic mass is 10.2. The van der Waals surface area contributed by atoms with Crippen molar-refractivity contribution in [3.8, 4) is 0 Å². The Morgan fingerprint density at radius 1 is 1.03 bits per heavy atom. The minimum Gasteiger partial charge on any atom is -0.456 e. The van der Waals surface area contributed by atoms with Crippen molar-refractivity contribution in [1.29, 1.82) is 0 Å². The third-order valence-electron chi connectivity index (χ3n) is 3.72. The molecule has 2 rings (SSSR count). The normalized spacial score (nSPS) is 10.1. The van der Waals surface area contributed by atoms with E-state index in [9.17, 15) is 24.5 Å². The molecule has 0 spiro atoms. The van der Waals surface area contributed by atoms with Crippen LogP contribution in [0.25, 0.3) is 0 Å². The molecule has 0 radical (unpaired) electrons. The molecule has 0 saturated heterocycles. The van der Waals surface area contributed by atoms with Crippen LogP contribution in [0.2, 0.25) is 5.02 Å². The van der Waals surface area contributed by atoms with E-state index in [-0.39, 0.29) is 24.2 Å². The lowest BCUT2D eigenvalue weighted by molar-refractivity contribution is -0.385. The SMILES string of the molecule is Cc1ccc(NC(=O)COC(=O)CCC(=O)Nc2cccc(Cl)c2)cc1[N+](=O)[O-]. The molecule has 0 aliphatic rings. The van der Waals surface area contributed by atoms with E-state index in [1.807, 2.05) is 0 Å². The van der Waals surface area contributed by atoms with Gasteiger partial charge in [0, 0.05) is 34.4 Å². The molecule has 0 fully saturated rings. The van der Waals surface area contributed by atoms with Crippen molar-refractivity contribution >= 4 is 46.4 Å². The van der Waals surface area contributed by atoms with Gasteiger partial charge < -0.3 is 15.4 Å². The van der Waals surface area contributed by atoms with Gasteiger partial charge in [-0.05, 0) is 31.2 Å². The average molecular weight is 420 g/mol. The van der Waals surface area contributed by atoms with Gasteiger partial charge in [-0.25, -0.2) is 0 Å². The number of amides is 2. The molecule has 0 bridgehead atoms. The van der Waals surface area contributed by atoms with Gasteiger partial charge in [0.25, 0.3) is 11.6 Å². The monoisotopic (exact) mass is 419 g/mol. The van der Waals surface area contributed by atoms with Gasteiger partial charge in [0.2, 0.25) is 5.91 Å². The molecular weight excluding hydrogens is 402 g/mol. The van der Waals surface area contributed by atoms with Crippen molar-refractivity contribution in [3.05, 3.63) is 63.2 Å². The Bertz CT molecular complexity index is 947. The number of rotatable bonds is 8. The molecule has 152 valence electrons. The van der Waals surface area contributed by atoms with Crippen LogP contribution in [0, 0.1) is 17.0 Å². The number of nitro groups is 1. The molecule has 0 unspecified atom stereocenters. The Hall–Kier alpha value is -3.46. The van der Waals surface area contributed by atoms with Gasteiger partial charge in [-0.1, -0.05) is 23.7 Å². The predicted octanol–water partition coefficient (Wildman–Crippen LogP) is 3.46. The minimum atomic E-state index is -0.726. The van der Waals surface area contributed by atoms with Crippen molar-refractivity contribution in [1.82, 2.24) is 0 Å². The summed E-state index contributed by atoms with van der Waals surface area (Å²) in [4.78, 5) is 45.7. The first kappa shape index (κ1) is 21.8. The van der Waals surface area contributed by atoms with Crippen LogP contribution in [-0.2, 0) is 19.1 Å².